The highest BCUT2D eigenvalue weighted by molar-refractivity contribution is 7.32. The molecule has 0 heterocycles. The van der Waals surface area contributed by atoms with Crippen LogP contribution in [0.3, 0.4) is 0 Å². The quantitative estimate of drug-likeness (QED) is 0.0840. The van der Waals surface area contributed by atoms with Gasteiger partial charge in [0, 0.05) is 12.8 Å². The van der Waals surface area contributed by atoms with E-state index in [1.807, 2.05) is 21.1 Å². The second kappa shape index (κ2) is 17.3. The molecule has 0 aromatic carbocycles. The van der Waals surface area contributed by atoms with Crippen molar-refractivity contribution in [2.45, 2.75) is 128 Å². The maximum absolute atomic E-state index is 12.1. The van der Waals surface area contributed by atoms with Gasteiger partial charge in [-0.2, -0.15) is 0 Å². The van der Waals surface area contributed by atoms with Gasteiger partial charge >= 0.3 is 7.68 Å². The van der Waals surface area contributed by atoms with Crippen LogP contribution in [0.5, 0.6) is 0 Å². The van der Waals surface area contributed by atoms with E-state index >= 15 is 0 Å². The van der Waals surface area contributed by atoms with E-state index < -0.39 is 13.0 Å². The van der Waals surface area contributed by atoms with Crippen molar-refractivity contribution < 1.29 is 13.6 Å². The van der Waals surface area contributed by atoms with Gasteiger partial charge in [0.15, 0.2) is 0 Å². The van der Waals surface area contributed by atoms with Crippen molar-refractivity contribution in [3.05, 3.63) is 12.2 Å². The summed E-state index contributed by atoms with van der Waals surface area (Å²) in [7, 11) is 3.63. The highest BCUT2D eigenvalue weighted by atomic mass is 31.1. The molecule has 0 fully saturated rings. The van der Waals surface area contributed by atoms with Crippen LogP contribution in [-0.4, -0.2) is 30.9 Å². The Bertz CT molecular complexity index is 472. The molecule has 0 rings (SSSR count). The highest BCUT2D eigenvalue weighted by Gasteiger charge is 2.47. The number of hydrogen-bond donors (Lipinski definition) is 0. The minimum atomic E-state index is -2.43. The third-order valence-electron chi connectivity index (χ3n) is 6.33. The Labute approximate surface area is 183 Å². The van der Waals surface area contributed by atoms with Crippen molar-refractivity contribution in [1.82, 2.24) is 0 Å². The van der Waals surface area contributed by atoms with Crippen molar-refractivity contribution in [2.24, 2.45) is 0 Å². The molecule has 0 amide bonds. The molecule has 4 heteroatoms. The molecule has 1 unspecified atom stereocenters. The predicted octanol–water partition coefficient (Wildman–Crippen LogP) is 8.79. The van der Waals surface area contributed by atoms with E-state index in [0.29, 0.717) is 4.48 Å². The van der Waals surface area contributed by atoms with Crippen LogP contribution in [0, 0.1) is 0 Å². The Kier molecular flexibility index (Phi) is 17.1. The van der Waals surface area contributed by atoms with E-state index in [1.54, 1.807) is 0 Å². The molecule has 0 N–H and O–H groups in total. The second-order valence-corrected chi connectivity index (χ2v) is 11.0. The lowest BCUT2D eigenvalue weighted by Crippen LogP contribution is -2.53. The molecule has 0 spiro atoms. The number of rotatable bonds is 20. The van der Waals surface area contributed by atoms with Crippen LogP contribution >= 0.6 is 7.68 Å². The summed E-state index contributed by atoms with van der Waals surface area (Å²) < 4.78 is 24.6. The molecule has 29 heavy (non-hydrogen) atoms. The van der Waals surface area contributed by atoms with Gasteiger partial charge in [-0.15, -0.1) is 0 Å². The van der Waals surface area contributed by atoms with Crippen LogP contribution in [0.25, 0.3) is 0 Å². The van der Waals surface area contributed by atoms with Gasteiger partial charge < -0.3 is 4.48 Å². The number of hydrogen-bond acceptors (Lipinski definition) is 2. The fourth-order valence-corrected chi connectivity index (χ4v) is 5.52. The molecular formula is C25H51NO2P+. The Balaban J connectivity index is 3.80. The molecule has 3 nitrogen and oxygen atoms in total. The molecule has 0 radical (unpaired) electrons. The molecule has 0 aliphatic carbocycles. The SMILES string of the molecule is CCCCCCCCCCCCC=CCCCCC(CCC)(P(=O)=O)[N+](C)(C)C. The summed E-state index contributed by atoms with van der Waals surface area (Å²) in [5, 5.41) is -0.607. The molecule has 0 saturated carbocycles. The van der Waals surface area contributed by atoms with Gasteiger partial charge in [0.2, 0.25) is 5.28 Å². The van der Waals surface area contributed by atoms with E-state index in [0.717, 1.165) is 38.5 Å². The van der Waals surface area contributed by atoms with Gasteiger partial charge in [-0.05, 0) is 38.5 Å². The number of nitrogens with zero attached hydrogens (tertiary/aromatic N) is 1. The van der Waals surface area contributed by atoms with Crippen LogP contribution in [0.4, 0.5) is 0 Å². The monoisotopic (exact) mass is 428 g/mol. The van der Waals surface area contributed by atoms with Gasteiger partial charge in [0.25, 0.3) is 0 Å². The first-order valence-corrected chi connectivity index (χ1v) is 13.6. The molecule has 0 aromatic rings. The van der Waals surface area contributed by atoms with Crippen LogP contribution < -0.4 is 0 Å². The Morgan fingerprint density at radius 1 is 0.621 bits per heavy atom. The van der Waals surface area contributed by atoms with E-state index in [4.69, 9.17) is 0 Å². The molecule has 0 saturated heterocycles. The van der Waals surface area contributed by atoms with Crippen molar-refractivity contribution in [3.8, 4) is 0 Å². The Hall–Kier alpha value is -0.400. The van der Waals surface area contributed by atoms with Crippen LogP contribution in [0.15, 0.2) is 12.2 Å². The third kappa shape index (κ3) is 12.8. The van der Waals surface area contributed by atoms with Crippen LogP contribution in [0.2, 0.25) is 0 Å². The number of quaternary nitrogens is 1. The van der Waals surface area contributed by atoms with E-state index in [9.17, 15) is 9.13 Å². The Morgan fingerprint density at radius 2 is 1.07 bits per heavy atom. The third-order valence-corrected chi connectivity index (χ3v) is 8.05. The topological polar surface area (TPSA) is 34.1 Å². The zero-order valence-corrected chi connectivity index (χ0v) is 21.3. The fourth-order valence-electron chi connectivity index (χ4n) is 4.28. The molecule has 0 aromatic heterocycles. The zero-order valence-electron chi connectivity index (χ0n) is 20.4. The Morgan fingerprint density at radius 3 is 1.48 bits per heavy atom. The van der Waals surface area contributed by atoms with E-state index in [1.165, 1.54) is 70.6 Å². The van der Waals surface area contributed by atoms with Crippen molar-refractivity contribution in [1.29, 1.82) is 0 Å². The minimum absolute atomic E-state index is 0.508. The maximum atomic E-state index is 12.1. The largest absolute Gasteiger partial charge is 0.378 e. The molecular weight excluding hydrogens is 377 g/mol. The molecule has 0 bridgehead atoms. The van der Waals surface area contributed by atoms with Gasteiger partial charge in [-0.1, -0.05) is 83.8 Å². The molecule has 1 atom stereocenters. The highest BCUT2D eigenvalue weighted by Crippen LogP contribution is 2.43. The van der Waals surface area contributed by atoms with Gasteiger partial charge in [0.1, 0.15) is 0 Å². The average Bonchev–Trinajstić information content (AvgIpc) is 2.65. The van der Waals surface area contributed by atoms with Crippen molar-refractivity contribution >= 4 is 7.68 Å². The van der Waals surface area contributed by atoms with E-state index in [2.05, 4.69) is 26.0 Å². The summed E-state index contributed by atoms with van der Waals surface area (Å²) in [4.78, 5) is 0. The van der Waals surface area contributed by atoms with Gasteiger partial charge in [-0.3, -0.25) is 0 Å². The van der Waals surface area contributed by atoms with Gasteiger partial charge in [-0.25, -0.2) is 9.13 Å². The first kappa shape index (κ1) is 28.6. The predicted molar refractivity (Wildman–Crippen MR) is 128 cm³/mol. The summed E-state index contributed by atoms with van der Waals surface area (Å²) >= 11 is 0. The molecule has 0 aliphatic rings. The van der Waals surface area contributed by atoms with Crippen molar-refractivity contribution in [3.63, 3.8) is 0 Å². The standard InChI is InChI=1S/C25H51NO2P/c1-6-8-9-10-11-12-13-14-15-16-17-18-19-20-21-22-24-25(23-7-2,29(27)28)26(3,4)5/h18-19H,6-17,20-24H2,1-5H3/q+1. The lowest BCUT2D eigenvalue weighted by Gasteiger charge is -2.41. The minimum Gasteiger partial charge on any atom is -0.314 e. The smallest absolute Gasteiger partial charge is 0.314 e. The summed E-state index contributed by atoms with van der Waals surface area (Å²) in [5.74, 6) is 0. The number of unbranched alkanes of at least 4 members (excludes halogenated alkanes) is 12. The second-order valence-electron chi connectivity index (χ2n) is 9.69. The lowest BCUT2D eigenvalue weighted by atomic mass is 10.00. The summed E-state index contributed by atoms with van der Waals surface area (Å²) in [6.07, 6.45) is 25.3. The molecule has 0 aliphatic heterocycles. The fraction of sp³-hybridized carbons (Fsp3) is 0.920. The summed E-state index contributed by atoms with van der Waals surface area (Å²) in [5.41, 5.74) is 0. The van der Waals surface area contributed by atoms with Gasteiger partial charge in [0.05, 0.1) is 21.1 Å². The first-order chi connectivity index (χ1) is 13.8. The normalized spacial score (nSPS) is 14.4. The van der Waals surface area contributed by atoms with Crippen LogP contribution in [-0.2, 0) is 9.13 Å². The van der Waals surface area contributed by atoms with Crippen molar-refractivity contribution in [2.75, 3.05) is 21.1 Å². The van der Waals surface area contributed by atoms with E-state index in [-0.39, 0.29) is 0 Å². The first-order valence-electron chi connectivity index (χ1n) is 12.4. The summed E-state index contributed by atoms with van der Waals surface area (Å²) in [6.45, 7) is 4.36. The lowest BCUT2D eigenvalue weighted by molar-refractivity contribution is -0.908. The number of allylic oxidation sites excluding steroid dienone is 2. The summed E-state index contributed by atoms with van der Waals surface area (Å²) in [6, 6.07) is 0. The maximum Gasteiger partial charge on any atom is 0.378 e. The zero-order chi connectivity index (χ0) is 22.0. The average molecular weight is 429 g/mol. The van der Waals surface area contributed by atoms with Crippen LogP contribution in [0.1, 0.15) is 123 Å². The molecule has 172 valence electrons.